The Morgan fingerprint density at radius 2 is 1.92 bits per heavy atom. The lowest BCUT2D eigenvalue weighted by Gasteiger charge is -2.27. The molecule has 2 fully saturated rings. The highest BCUT2D eigenvalue weighted by atomic mass is 32.2. The maximum atomic E-state index is 12.0. The predicted molar refractivity (Wildman–Crippen MR) is 101 cm³/mol. The first-order valence-corrected chi connectivity index (χ1v) is 11.1. The number of guanidine groups is 1. The van der Waals surface area contributed by atoms with Gasteiger partial charge in [0.15, 0.2) is 5.96 Å². The normalized spacial score (nSPS) is 20.3. The monoisotopic (exact) mass is 374 g/mol. The molecule has 25 heavy (non-hydrogen) atoms. The van der Waals surface area contributed by atoms with Crippen molar-refractivity contribution in [1.29, 1.82) is 0 Å². The fraction of sp³-hybridized carbons (Fsp3) is 0.941. The SMILES string of the molecule is CN=C(NCCS(=O)(=O)NCC1CCC1)N(C)CCC1CCOCC1. The maximum absolute atomic E-state index is 12.0. The molecule has 1 heterocycles. The second-order valence-electron chi connectivity index (χ2n) is 7.20. The van der Waals surface area contributed by atoms with Crippen molar-refractivity contribution in [3.8, 4) is 0 Å². The summed E-state index contributed by atoms with van der Waals surface area (Å²) in [6, 6.07) is 0. The molecule has 0 bridgehead atoms. The Morgan fingerprint density at radius 1 is 1.20 bits per heavy atom. The summed E-state index contributed by atoms with van der Waals surface area (Å²) in [5.41, 5.74) is 0. The van der Waals surface area contributed by atoms with Gasteiger partial charge in [-0.3, -0.25) is 4.99 Å². The minimum Gasteiger partial charge on any atom is -0.381 e. The molecule has 146 valence electrons. The van der Waals surface area contributed by atoms with Gasteiger partial charge < -0.3 is 15.0 Å². The van der Waals surface area contributed by atoms with Crippen LogP contribution in [0, 0.1) is 11.8 Å². The predicted octanol–water partition coefficient (Wildman–Crippen LogP) is 1.03. The summed E-state index contributed by atoms with van der Waals surface area (Å²) in [6.45, 7) is 3.60. The molecule has 2 aliphatic rings. The lowest BCUT2D eigenvalue weighted by Crippen LogP contribution is -2.43. The van der Waals surface area contributed by atoms with Crippen molar-refractivity contribution in [3.05, 3.63) is 0 Å². The Kier molecular flexibility index (Phi) is 8.45. The van der Waals surface area contributed by atoms with E-state index in [0.29, 0.717) is 24.9 Å². The largest absolute Gasteiger partial charge is 0.381 e. The molecule has 0 amide bonds. The first-order chi connectivity index (χ1) is 12.0. The molecule has 8 heteroatoms. The zero-order valence-electron chi connectivity index (χ0n) is 15.7. The summed E-state index contributed by atoms with van der Waals surface area (Å²) >= 11 is 0. The Balaban J connectivity index is 1.64. The van der Waals surface area contributed by atoms with Crippen LogP contribution in [0.25, 0.3) is 0 Å². The van der Waals surface area contributed by atoms with Crippen molar-refractivity contribution in [3.63, 3.8) is 0 Å². The molecule has 0 aromatic carbocycles. The Bertz CT molecular complexity index is 514. The zero-order valence-corrected chi connectivity index (χ0v) is 16.5. The van der Waals surface area contributed by atoms with E-state index in [1.165, 1.54) is 6.42 Å². The minimum absolute atomic E-state index is 0.0759. The molecule has 1 saturated heterocycles. The van der Waals surface area contributed by atoms with Gasteiger partial charge in [0, 0.05) is 46.9 Å². The molecule has 0 aromatic heterocycles. The summed E-state index contributed by atoms with van der Waals surface area (Å²) in [6.07, 6.45) is 6.89. The molecule has 0 aromatic rings. The molecule has 1 aliphatic carbocycles. The molecular formula is C17H34N4O3S. The molecule has 1 aliphatic heterocycles. The van der Waals surface area contributed by atoms with Crippen molar-refractivity contribution in [1.82, 2.24) is 14.9 Å². The highest BCUT2D eigenvalue weighted by molar-refractivity contribution is 7.89. The van der Waals surface area contributed by atoms with E-state index in [1.54, 1.807) is 7.05 Å². The van der Waals surface area contributed by atoms with E-state index in [1.807, 2.05) is 7.05 Å². The van der Waals surface area contributed by atoms with E-state index >= 15 is 0 Å². The van der Waals surface area contributed by atoms with Crippen molar-refractivity contribution in [2.45, 2.75) is 38.5 Å². The van der Waals surface area contributed by atoms with Gasteiger partial charge in [0.05, 0.1) is 5.75 Å². The summed E-state index contributed by atoms with van der Waals surface area (Å²) in [7, 11) is 0.519. The van der Waals surface area contributed by atoms with Crippen LogP contribution in [0.1, 0.15) is 38.5 Å². The van der Waals surface area contributed by atoms with Crippen LogP contribution < -0.4 is 10.0 Å². The van der Waals surface area contributed by atoms with E-state index < -0.39 is 10.0 Å². The molecule has 0 radical (unpaired) electrons. The summed E-state index contributed by atoms with van der Waals surface area (Å²) in [5, 5.41) is 3.16. The first kappa shape index (κ1) is 20.5. The minimum atomic E-state index is -3.21. The van der Waals surface area contributed by atoms with E-state index in [4.69, 9.17) is 4.74 Å². The maximum Gasteiger partial charge on any atom is 0.213 e. The highest BCUT2D eigenvalue weighted by Crippen LogP contribution is 2.25. The van der Waals surface area contributed by atoms with Crippen LogP contribution in [0.15, 0.2) is 4.99 Å². The van der Waals surface area contributed by atoms with Crippen LogP contribution in [0.2, 0.25) is 0 Å². The van der Waals surface area contributed by atoms with E-state index in [9.17, 15) is 8.42 Å². The molecule has 1 saturated carbocycles. The van der Waals surface area contributed by atoms with Crippen LogP contribution >= 0.6 is 0 Å². The lowest BCUT2D eigenvalue weighted by molar-refractivity contribution is 0.0625. The van der Waals surface area contributed by atoms with Crippen LogP contribution in [0.3, 0.4) is 0 Å². The smallest absolute Gasteiger partial charge is 0.213 e. The Morgan fingerprint density at radius 3 is 2.52 bits per heavy atom. The Hall–Kier alpha value is -0.860. The number of hydrogen-bond acceptors (Lipinski definition) is 4. The number of aliphatic imine (C=N–C) groups is 1. The van der Waals surface area contributed by atoms with Gasteiger partial charge in [0.1, 0.15) is 0 Å². The topological polar surface area (TPSA) is 83.0 Å². The highest BCUT2D eigenvalue weighted by Gasteiger charge is 2.20. The average Bonchev–Trinajstić information content (AvgIpc) is 2.56. The van der Waals surface area contributed by atoms with Gasteiger partial charge in [-0.15, -0.1) is 0 Å². The lowest BCUT2D eigenvalue weighted by atomic mass is 9.86. The van der Waals surface area contributed by atoms with E-state index in [0.717, 1.165) is 57.8 Å². The second-order valence-corrected chi connectivity index (χ2v) is 9.13. The number of ether oxygens (including phenoxy) is 1. The number of sulfonamides is 1. The zero-order chi connectivity index (χ0) is 18.1. The van der Waals surface area contributed by atoms with Crippen molar-refractivity contribution >= 4 is 16.0 Å². The third-order valence-electron chi connectivity index (χ3n) is 5.26. The molecule has 2 rings (SSSR count). The van der Waals surface area contributed by atoms with Crippen LogP contribution in [-0.4, -0.2) is 72.0 Å². The fourth-order valence-electron chi connectivity index (χ4n) is 3.21. The van der Waals surface area contributed by atoms with Crippen LogP contribution in [0.5, 0.6) is 0 Å². The fourth-order valence-corrected chi connectivity index (χ4v) is 4.22. The average molecular weight is 375 g/mol. The molecular weight excluding hydrogens is 340 g/mol. The summed E-state index contributed by atoms with van der Waals surface area (Å²) in [4.78, 5) is 6.33. The van der Waals surface area contributed by atoms with Crippen molar-refractivity contribution < 1.29 is 13.2 Å². The van der Waals surface area contributed by atoms with Gasteiger partial charge in [0.25, 0.3) is 0 Å². The summed E-state index contributed by atoms with van der Waals surface area (Å²) < 4.78 is 32.2. The second kappa shape index (κ2) is 10.3. The first-order valence-electron chi connectivity index (χ1n) is 9.47. The van der Waals surface area contributed by atoms with Gasteiger partial charge in [-0.25, -0.2) is 13.1 Å². The van der Waals surface area contributed by atoms with E-state index in [2.05, 4.69) is 19.9 Å². The number of rotatable bonds is 9. The molecule has 0 unspecified atom stereocenters. The molecule has 2 N–H and O–H groups in total. The van der Waals surface area contributed by atoms with Crippen molar-refractivity contribution in [2.75, 3.05) is 52.7 Å². The molecule has 0 atom stereocenters. The van der Waals surface area contributed by atoms with Gasteiger partial charge >= 0.3 is 0 Å². The van der Waals surface area contributed by atoms with Crippen LogP contribution in [-0.2, 0) is 14.8 Å². The third kappa shape index (κ3) is 7.50. The third-order valence-corrected chi connectivity index (χ3v) is 6.61. The standard InChI is InChI=1S/C17H34N4O3S/c1-18-17(21(2)10-6-15-7-11-24-12-8-15)19-9-13-25(22,23)20-14-16-4-3-5-16/h15-16,20H,3-14H2,1-2H3,(H,18,19). The number of hydrogen-bond donors (Lipinski definition) is 2. The van der Waals surface area contributed by atoms with Crippen molar-refractivity contribution in [2.24, 2.45) is 16.8 Å². The molecule has 0 spiro atoms. The van der Waals surface area contributed by atoms with E-state index in [-0.39, 0.29) is 5.75 Å². The molecule has 7 nitrogen and oxygen atoms in total. The summed E-state index contributed by atoms with van der Waals surface area (Å²) in [5.74, 6) is 2.07. The van der Waals surface area contributed by atoms with Gasteiger partial charge in [-0.1, -0.05) is 6.42 Å². The van der Waals surface area contributed by atoms with Gasteiger partial charge in [-0.2, -0.15) is 0 Å². The van der Waals surface area contributed by atoms with Gasteiger partial charge in [0.2, 0.25) is 10.0 Å². The van der Waals surface area contributed by atoms with Crippen LogP contribution in [0.4, 0.5) is 0 Å². The Labute approximate surface area is 152 Å². The number of nitrogens with one attached hydrogen (secondary N) is 2. The van der Waals surface area contributed by atoms with Gasteiger partial charge in [-0.05, 0) is 43.9 Å². The number of nitrogens with zero attached hydrogens (tertiary/aromatic N) is 2. The quantitative estimate of drug-likeness (QED) is 0.465.